The molecule has 0 aliphatic carbocycles. The number of aliphatic hydroxyl groups excluding tert-OH is 1. The smallest absolute Gasteiger partial charge is 1.00 e. The maximum atomic E-state index is 7.00. The molecule has 0 unspecified atom stereocenters. The second-order valence-electron chi connectivity index (χ2n) is 0. The molecule has 0 saturated heterocycles. The van der Waals surface area contributed by atoms with E-state index in [1.54, 1.807) is 0 Å². The molecule has 0 aliphatic heterocycles. The van der Waals surface area contributed by atoms with E-state index in [9.17, 15) is 0 Å². The van der Waals surface area contributed by atoms with Crippen molar-refractivity contribution in [3.05, 3.63) is 0 Å². The zero-order valence-corrected chi connectivity index (χ0v) is 10.5. The van der Waals surface area contributed by atoms with Crippen LogP contribution in [0.3, 0.4) is 0 Å². The third-order valence-corrected chi connectivity index (χ3v) is 0. The standard InChI is InChI=1S/CH4O.Ba.2BrH/c1-2;;;/h2H,1H3;;2*1H/q;+2;;/p-2. The summed E-state index contributed by atoms with van der Waals surface area (Å²) in [6, 6.07) is 0. The maximum absolute atomic E-state index is 7.00. The summed E-state index contributed by atoms with van der Waals surface area (Å²) >= 11 is 0. The molecule has 0 bridgehead atoms. The van der Waals surface area contributed by atoms with Crippen molar-refractivity contribution < 1.29 is 39.1 Å². The van der Waals surface area contributed by atoms with E-state index >= 15 is 0 Å². The van der Waals surface area contributed by atoms with E-state index in [-0.39, 0.29) is 82.8 Å². The van der Waals surface area contributed by atoms with Crippen molar-refractivity contribution in [3.8, 4) is 0 Å². The topological polar surface area (TPSA) is 20.2 Å². The Morgan fingerprint density at radius 1 is 1.00 bits per heavy atom. The summed E-state index contributed by atoms with van der Waals surface area (Å²) in [7, 11) is 1.00. The Hall–Kier alpha value is 2.49. The molecule has 1 nitrogen and oxygen atoms in total. The fraction of sp³-hybridized carbons (Fsp3) is 1.00. The largest absolute Gasteiger partial charge is 2.00 e. The van der Waals surface area contributed by atoms with Crippen molar-refractivity contribution in [2.45, 2.75) is 0 Å². The van der Waals surface area contributed by atoms with Crippen LogP contribution < -0.4 is 34.0 Å². The van der Waals surface area contributed by atoms with Gasteiger partial charge in [0.05, 0.1) is 0 Å². The molecule has 0 radical (unpaired) electrons. The molecule has 0 aromatic rings. The first kappa shape index (κ1) is 25.9. The van der Waals surface area contributed by atoms with Gasteiger partial charge in [-0.1, -0.05) is 0 Å². The van der Waals surface area contributed by atoms with Gasteiger partial charge in [0.2, 0.25) is 0 Å². The van der Waals surface area contributed by atoms with Gasteiger partial charge >= 0.3 is 48.9 Å². The van der Waals surface area contributed by atoms with Crippen molar-refractivity contribution in [1.29, 1.82) is 0 Å². The minimum atomic E-state index is 0. The Kier molecular flexibility index (Phi) is 163. The van der Waals surface area contributed by atoms with E-state index in [1.807, 2.05) is 0 Å². The van der Waals surface area contributed by atoms with E-state index < -0.39 is 0 Å². The predicted molar refractivity (Wildman–Crippen MR) is 13.9 cm³/mol. The van der Waals surface area contributed by atoms with Crippen LogP contribution in [-0.4, -0.2) is 61.1 Å². The predicted octanol–water partition coefficient (Wildman–Crippen LogP) is -6.76. The SMILES string of the molecule is CO.[Ba+2].[Br-].[Br-]. The summed E-state index contributed by atoms with van der Waals surface area (Å²) in [5.41, 5.74) is 0. The molecule has 0 amide bonds. The normalized spacial score (nSPS) is 1.20. The first-order chi connectivity index (χ1) is 1.00. The van der Waals surface area contributed by atoms with E-state index in [0.717, 1.165) is 7.11 Å². The Bertz CT molecular complexity index is 9.61. The second kappa shape index (κ2) is 31.5. The average molecular weight is 329 g/mol. The van der Waals surface area contributed by atoms with Crippen molar-refractivity contribution in [2.75, 3.05) is 7.11 Å². The van der Waals surface area contributed by atoms with E-state index in [1.165, 1.54) is 0 Å². The van der Waals surface area contributed by atoms with Gasteiger partial charge in [0, 0.05) is 7.11 Å². The van der Waals surface area contributed by atoms with Gasteiger partial charge in [0.25, 0.3) is 0 Å². The Balaban J connectivity index is -0.00000000167. The van der Waals surface area contributed by atoms with Crippen LogP contribution in [0.2, 0.25) is 0 Å². The van der Waals surface area contributed by atoms with Gasteiger partial charge in [-0.2, -0.15) is 0 Å². The molecular formula is CH4BaBr2O. The molecule has 1 N–H and O–H groups in total. The summed E-state index contributed by atoms with van der Waals surface area (Å²) in [5, 5.41) is 7.00. The van der Waals surface area contributed by atoms with Crippen molar-refractivity contribution in [1.82, 2.24) is 0 Å². The fourth-order valence-electron chi connectivity index (χ4n) is 0. The first-order valence-electron chi connectivity index (χ1n) is 0.447. The summed E-state index contributed by atoms with van der Waals surface area (Å²) in [6.45, 7) is 0. The van der Waals surface area contributed by atoms with Crippen LogP contribution in [0, 0.1) is 0 Å². The fourth-order valence-corrected chi connectivity index (χ4v) is 0. The number of rotatable bonds is 0. The molecule has 0 aromatic heterocycles. The van der Waals surface area contributed by atoms with Gasteiger partial charge in [-0.25, -0.2) is 0 Å². The molecule has 30 valence electrons. The molecule has 5 heavy (non-hydrogen) atoms. The summed E-state index contributed by atoms with van der Waals surface area (Å²) in [5.74, 6) is 0. The van der Waals surface area contributed by atoms with Gasteiger partial charge in [0.1, 0.15) is 0 Å². The number of hydrogen-bond acceptors (Lipinski definition) is 1. The second-order valence-corrected chi connectivity index (χ2v) is 0. The number of aliphatic hydroxyl groups is 1. The van der Waals surface area contributed by atoms with Gasteiger partial charge in [-0.05, 0) is 0 Å². The van der Waals surface area contributed by atoms with E-state index in [2.05, 4.69) is 0 Å². The number of hydrogen-bond donors (Lipinski definition) is 1. The van der Waals surface area contributed by atoms with Crippen molar-refractivity contribution >= 4 is 48.9 Å². The molecule has 4 heteroatoms. The van der Waals surface area contributed by atoms with Gasteiger partial charge in [-0.3, -0.25) is 0 Å². The minimum absolute atomic E-state index is 0. The monoisotopic (exact) mass is 328 g/mol. The third-order valence-electron chi connectivity index (χ3n) is 0. The van der Waals surface area contributed by atoms with Crippen LogP contribution in [0.5, 0.6) is 0 Å². The molecule has 0 rings (SSSR count). The van der Waals surface area contributed by atoms with Crippen LogP contribution in [-0.2, 0) is 0 Å². The molecule has 0 heterocycles. The van der Waals surface area contributed by atoms with E-state index in [0.29, 0.717) is 0 Å². The van der Waals surface area contributed by atoms with Gasteiger partial charge < -0.3 is 39.1 Å². The van der Waals surface area contributed by atoms with Crippen LogP contribution in [0.15, 0.2) is 0 Å². The molecule has 0 atom stereocenters. The zero-order chi connectivity index (χ0) is 2.00. The Labute approximate surface area is 93.1 Å². The zero-order valence-electron chi connectivity index (χ0n) is 2.91. The van der Waals surface area contributed by atoms with Gasteiger partial charge in [0.15, 0.2) is 0 Å². The van der Waals surface area contributed by atoms with Crippen LogP contribution >= 0.6 is 0 Å². The van der Waals surface area contributed by atoms with Crippen LogP contribution in [0.25, 0.3) is 0 Å². The van der Waals surface area contributed by atoms with Crippen LogP contribution in [0.1, 0.15) is 0 Å². The Morgan fingerprint density at radius 2 is 1.00 bits per heavy atom. The number of halogens is 2. The molecule has 0 aromatic carbocycles. The minimum Gasteiger partial charge on any atom is -1.00 e. The summed E-state index contributed by atoms with van der Waals surface area (Å²) < 4.78 is 0. The van der Waals surface area contributed by atoms with Crippen molar-refractivity contribution in [2.24, 2.45) is 0 Å². The van der Waals surface area contributed by atoms with Crippen molar-refractivity contribution in [3.63, 3.8) is 0 Å². The summed E-state index contributed by atoms with van der Waals surface area (Å²) in [4.78, 5) is 0. The average Bonchev–Trinajstić information content (AvgIpc) is 1.00. The molecule has 0 fully saturated rings. The molecule has 0 spiro atoms. The summed E-state index contributed by atoms with van der Waals surface area (Å²) in [6.07, 6.45) is 0. The van der Waals surface area contributed by atoms with Crippen LogP contribution in [0.4, 0.5) is 0 Å². The first-order valence-corrected chi connectivity index (χ1v) is 0.447. The maximum Gasteiger partial charge on any atom is 2.00 e. The molecular weight excluding hydrogens is 325 g/mol. The molecule has 0 saturated carbocycles. The van der Waals surface area contributed by atoms with E-state index in [4.69, 9.17) is 5.11 Å². The molecule has 0 aliphatic rings. The quantitative estimate of drug-likeness (QED) is 0.438. The Morgan fingerprint density at radius 3 is 1.00 bits per heavy atom. The third kappa shape index (κ3) is 21.1. The van der Waals surface area contributed by atoms with Gasteiger partial charge in [-0.15, -0.1) is 0 Å².